The lowest BCUT2D eigenvalue weighted by atomic mass is 10.1. The number of nitriles is 1. The van der Waals surface area contributed by atoms with E-state index in [1.807, 2.05) is 36.4 Å². The highest BCUT2D eigenvalue weighted by atomic mass is 79.9. The molecule has 0 saturated carbocycles. The Morgan fingerprint density at radius 1 is 1.12 bits per heavy atom. The Kier molecular flexibility index (Phi) is 7.91. The molecule has 0 aliphatic carbocycles. The number of allylic oxidation sites excluding steroid dienone is 1. The molecule has 1 amide bonds. The maximum atomic E-state index is 12.3. The number of rotatable bonds is 6. The van der Waals surface area contributed by atoms with Crippen LogP contribution in [0.1, 0.15) is 10.6 Å². The van der Waals surface area contributed by atoms with Crippen molar-refractivity contribution < 1.29 is 9.53 Å². The summed E-state index contributed by atoms with van der Waals surface area (Å²) >= 11 is 20.3. The van der Waals surface area contributed by atoms with Crippen molar-refractivity contribution in [3.63, 3.8) is 0 Å². The van der Waals surface area contributed by atoms with Gasteiger partial charge in [-0.15, -0.1) is 11.3 Å². The van der Waals surface area contributed by atoms with E-state index in [4.69, 9.17) is 27.9 Å². The monoisotopic (exact) mass is 635 g/mol. The molecule has 0 fully saturated rings. The number of carbonyl (C=O) groups is 1. The minimum absolute atomic E-state index is 0.220. The molecule has 4 rings (SSSR count). The number of nitrogens with one attached hydrogen (secondary N) is 1. The van der Waals surface area contributed by atoms with Crippen molar-refractivity contribution in [2.75, 3.05) is 11.9 Å². The van der Waals surface area contributed by atoms with E-state index >= 15 is 0 Å². The van der Waals surface area contributed by atoms with Gasteiger partial charge in [0.25, 0.3) is 5.91 Å². The summed E-state index contributed by atoms with van der Waals surface area (Å²) in [4.78, 5) is 16.8. The van der Waals surface area contributed by atoms with E-state index in [1.165, 1.54) is 11.3 Å². The summed E-state index contributed by atoms with van der Waals surface area (Å²) in [5.41, 5.74) is 2.59. The summed E-state index contributed by atoms with van der Waals surface area (Å²) in [7, 11) is 0. The zero-order valence-electron chi connectivity index (χ0n) is 17.1. The number of para-hydroxylation sites is 1. The van der Waals surface area contributed by atoms with Gasteiger partial charge in [0.15, 0.2) is 6.61 Å². The number of nitrogens with zero attached hydrogens (tertiary/aromatic N) is 2. The van der Waals surface area contributed by atoms with Gasteiger partial charge in [0.2, 0.25) is 0 Å². The minimum atomic E-state index is -0.358. The van der Waals surface area contributed by atoms with E-state index in [-0.39, 0.29) is 12.5 Å². The van der Waals surface area contributed by atoms with Crippen molar-refractivity contribution in [2.45, 2.75) is 0 Å². The average Bonchev–Trinajstić information content (AvgIpc) is 3.23. The van der Waals surface area contributed by atoms with Gasteiger partial charge in [0.05, 0.1) is 34.8 Å². The number of hydrogen-bond donors (Lipinski definition) is 1. The number of benzene rings is 3. The Bertz CT molecular complexity index is 1420. The summed E-state index contributed by atoms with van der Waals surface area (Å²) in [5.74, 6) is 0.101. The number of fused-ring (bicyclic) bond motifs is 1. The molecule has 1 heterocycles. The van der Waals surface area contributed by atoms with Crippen molar-refractivity contribution in [3.05, 3.63) is 84.2 Å². The first-order valence-electron chi connectivity index (χ1n) is 9.68. The predicted molar refractivity (Wildman–Crippen MR) is 146 cm³/mol. The largest absolute Gasteiger partial charge is 0.481 e. The number of ether oxygens (including phenoxy) is 1. The fourth-order valence-corrected chi connectivity index (χ4v) is 5.69. The van der Waals surface area contributed by atoms with Crippen molar-refractivity contribution in [1.29, 1.82) is 5.26 Å². The van der Waals surface area contributed by atoms with E-state index in [0.29, 0.717) is 41.0 Å². The molecule has 1 N–H and O–H groups in total. The fraction of sp³-hybridized carbons (Fsp3) is 0.0417. The molecule has 4 aromatic rings. The lowest BCUT2D eigenvalue weighted by molar-refractivity contribution is -0.118. The number of aromatic nitrogens is 1. The van der Waals surface area contributed by atoms with Gasteiger partial charge in [0, 0.05) is 5.69 Å². The zero-order chi connectivity index (χ0) is 24.2. The van der Waals surface area contributed by atoms with Gasteiger partial charge in [-0.25, -0.2) is 4.98 Å². The van der Waals surface area contributed by atoms with Crippen LogP contribution in [0.3, 0.4) is 0 Å². The topological polar surface area (TPSA) is 75.0 Å². The maximum Gasteiger partial charge on any atom is 0.262 e. The van der Waals surface area contributed by atoms with Crippen LogP contribution in [0.25, 0.3) is 21.9 Å². The third-order valence-corrected chi connectivity index (χ3v) is 7.51. The van der Waals surface area contributed by atoms with E-state index in [0.717, 1.165) is 15.8 Å². The molecule has 0 atom stereocenters. The third kappa shape index (κ3) is 5.80. The number of thiazole rings is 1. The number of halogens is 4. The van der Waals surface area contributed by atoms with Crippen molar-refractivity contribution in [2.24, 2.45) is 0 Å². The highest BCUT2D eigenvalue weighted by molar-refractivity contribution is 9.11. The average molecular weight is 638 g/mol. The minimum Gasteiger partial charge on any atom is -0.481 e. The van der Waals surface area contributed by atoms with Crippen molar-refractivity contribution in [1.82, 2.24) is 4.98 Å². The van der Waals surface area contributed by atoms with Crippen LogP contribution in [-0.4, -0.2) is 17.5 Å². The summed E-state index contributed by atoms with van der Waals surface area (Å²) in [5, 5.41) is 13.8. The predicted octanol–water partition coefficient (Wildman–Crippen LogP) is 8.21. The Morgan fingerprint density at radius 2 is 1.85 bits per heavy atom. The van der Waals surface area contributed by atoms with Crippen molar-refractivity contribution >= 4 is 99.9 Å². The lowest BCUT2D eigenvalue weighted by Gasteiger charge is -2.12. The maximum absolute atomic E-state index is 12.3. The second-order valence-corrected chi connectivity index (χ2v) is 10.5. The van der Waals surface area contributed by atoms with Crippen LogP contribution in [0, 0.1) is 11.3 Å². The molecule has 10 heteroatoms. The normalized spacial score (nSPS) is 11.3. The van der Waals surface area contributed by atoms with Crippen LogP contribution in [0.5, 0.6) is 5.75 Å². The van der Waals surface area contributed by atoms with Gasteiger partial charge in [-0.05, 0) is 86.0 Å². The molecule has 0 spiro atoms. The highest BCUT2D eigenvalue weighted by Gasteiger charge is 2.14. The molecule has 3 aromatic carbocycles. The van der Waals surface area contributed by atoms with Gasteiger partial charge < -0.3 is 10.1 Å². The van der Waals surface area contributed by atoms with Crippen molar-refractivity contribution in [3.8, 4) is 11.8 Å². The summed E-state index contributed by atoms with van der Waals surface area (Å²) in [6.07, 6.45) is 1.76. The summed E-state index contributed by atoms with van der Waals surface area (Å²) in [6, 6.07) is 18.4. The van der Waals surface area contributed by atoms with Gasteiger partial charge in [0.1, 0.15) is 16.8 Å². The summed E-state index contributed by atoms with van der Waals surface area (Å²) < 4.78 is 7.97. The first-order valence-corrected chi connectivity index (χ1v) is 12.8. The molecule has 1 aromatic heterocycles. The SMILES string of the molecule is N#C/C(=C\c1cc(Br)c(OCC(=O)Nc2ccc(Cl)c(Cl)c2)c(Br)c1)c1nc2ccccc2s1. The van der Waals surface area contributed by atoms with Gasteiger partial charge in [-0.2, -0.15) is 5.26 Å². The molecule has 0 aliphatic rings. The lowest BCUT2D eigenvalue weighted by Crippen LogP contribution is -2.20. The first-order chi connectivity index (χ1) is 16.3. The van der Waals surface area contributed by atoms with E-state index in [2.05, 4.69) is 48.2 Å². The first kappa shape index (κ1) is 24.7. The molecule has 170 valence electrons. The van der Waals surface area contributed by atoms with Crippen LogP contribution >= 0.6 is 66.4 Å². The van der Waals surface area contributed by atoms with Gasteiger partial charge >= 0.3 is 0 Å². The number of anilines is 1. The van der Waals surface area contributed by atoms with Gasteiger partial charge in [-0.3, -0.25) is 4.79 Å². The third-order valence-electron chi connectivity index (χ3n) is 4.53. The standard InChI is InChI=1S/C24H13Br2Cl2N3O2S/c25-16-8-13(7-14(11-29)24-31-20-3-1-2-4-21(20)34-24)9-17(26)23(16)33-12-22(32)30-15-5-6-18(27)19(28)10-15/h1-10H,12H2,(H,30,32)/b14-7+. The van der Waals surface area contributed by atoms with E-state index in [1.54, 1.807) is 24.3 Å². The van der Waals surface area contributed by atoms with Crippen LogP contribution < -0.4 is 10.1 Å². The number of carbonyl (C=O) groups excluding carboxylic acids is 1. The molecule has 5 nitrogen and oxygen atoms in total. The summed E-state index contributed by atoms with van der Waals surface area (Å²) in [6.45, 7) is -0.220. The highest BCUT2D eigenvalue weighted by Crippen LogP contribution is 2.36. The molecular formula is C24H13Br2Cl2N3O2S. The Labute approximate surface area is 226 Å². The van der Waals surface area contributed by atoms with Crippen LogP contribution in [0.4, 0.5) is 5.69 Å². The fourth-order valence-electron chi connectivity index (χ4n) is 3.01. The quantitative estimate of drug-likeness (QED) is 0.216. The van der Waals surface area contributed by atoms with Crippen LogP contribution in [-0.2, 0) is 4.79 Å². The Morgan fingerprint density at radius 3 is 2.53 bits per heavy atom. The second kappa shape index (κ2) is 10.9. The zero-order valence-corrected chi connectivity index (χ0v) is 22.6. The second-order valence-electron chi connectivity index (χ2n) is 6.94. The molecule has 0 saturated heterocycles. The van der Waals surface area contributed by atoms with Crippen LogP contribution in [0.15, 0.2) is 63.5 Å². The number of amides is 1. The Hall–Kier alpha value is -2.41. The van der Waals surface area contributed by atoms with E-state index in [9.17, 15) is 10.1 Å². The smallest absolute Gasteiger partial charge is 0.262 e. The molecule has 0 radical (unpaired) electrons. The van der Waals surface area contributed by atoms with E-state index < -0.39 is 0 Å². The molecule has 0 aliphatic heterocycles. The Balaban J connectivity index is 1.49. The van der Waals surface area contributed by atoms with Crippen LogP contribution in [0.2, 0.25) is 10.0 Å². The molecule has 34 heavy (non-hydrogen) atoms. The number of hydrogen-bond acceptors (Lipinski definition) is 5. The molecule has 0 bridgehead atoms. The molecule has 0 unspecified atom stereocenters. The molecular weight excluding hydrogens is 625 g/mol. The van der Waals surface area contributed by atoms with Gasteiger partial charge in [-0.1, -0.05) is 35.3 Å².